The molecule has 0 spiro atoms. The van der Waals surface area contributed by atoms with Crippen LogP contribution in [0.2, 0.25) is 0 Å². The summed E-state index contributed by atoms with van der Waals surface area (Å²) in [6.07, 6.45) is 1.86. The number of carbonyl (C=O) groups is 1. The zero-order chi connectivity index (χ0) is 14.3. The maximum atomic E-state index is 12.0. The van der Waals surface area contributed by atoms with Crippen LogP contribution in [0.15, 0.2) is 23.1 Å². The van der Waals surface area contributed by atoms with Crippen molar-refractivity contribution in [3.63, 3.8) is 0 Å². The van der Waals surface area contributed by atoms with Gasteiger partial charge in [0.2, 0.25) is 10.0 Å². The molecular weight excluding hydrogens is 268 g/mol. The van der Waals surface area contributed by atoms with E-state index in [1.165, 1.54) is 25.3 Å². The van der Waals surface area contributed by atoms with Gasteiger partial charge in [-0.15, -0.1) is 0 Å². The van der Waals surface area contributed by atoms with Gasteiger partial charge in [0.05, 0.1) is 7.11 Å². The van der Waals surface area contributed by atoms with E-state index in [1.807, 2.05) is 6.92 Å². The number of methoxy groups -OCH3 is 1. The first-order valence-corrected chi connectivity index (χ1v) is 7.33. The quantitative estimate of drug-likeness (QED) is 0.847. The number of hydrogen-bond acceptors (Lipinski definition) is 4. The van der Waals surface area contributed by atoms with E-state index in [0.717, 1.165) is 12.8 Å². The number of sulfonamides is 1. The average molecular weight is 284 g/mol. The van der Waals surface area contributed by atoms with Crippen molar-refractivity contribution in [3.8, 4) is 5.75 Å². The van der Waals surface area contributed by atoms with Crippen LogP contribution in [0.5, 0.6) is 5.75 Å². The summed E-state index contributed by atoms with van der Waals surface area (Å²) in [4.78, 5) is 11.8. The lowest BCUT2D eigenvalue weighted by Gasteiger charge is -2.13. The largest absolute Gasteiger partial charge is 0.495 e. The molecular formula is C12H16N2O4S. The Morgan fingerprint density at radius 1 is 1.42 bits per heavy atom. The maximum absolute atomic E-state index is 12.0. The lowest BCUT2D eigenvalue weighted by atomic mass is 10.2. The molecule has 1 saturated carbocycles. The average Bonchev–Trinajstić information content (AvgIpc) is 3.04. The molecule has 7 heteroatoms. The lowest BCUT2D eigenvalue weighted by molar-refractivity contribution is 0.0935. The van der Waals surface area contributed by atoms with E-state index in [-0.39, 0.29) is 27.7 Å². The Bertz CT molecular complexity index is 621. The van der Waals surface area contributed by atoms with Crippen molar-refractivity contribution in [2.45, 2.75) is 30.2 Å². The van der Waals surface area contributed by atoms with Crippen LogP contribution in [-0.4, -0.2) is 27.0 Å². The number of nitrogens with one attached hydrogen (secondary N) is 1. The van der Waals surface area contributed by atoms with Gasteiger partial charge in [0, 0.05) is 11.1 Å². The van der Waals surface area contributed by atoms with Gasteiger partial charge in [0.15, 0.2) is 0 Å². The molecule has 1 aliphatic rings. The summed E-state index contributed by atoms with van der Waals surface area (Å²) >= 11 is 0. The molecule has 1 aromatic carbocycles. The smallest absolute Gasteiger partial charge is 0.251 e. The Kier molecular flexibility index (Phi) is 3.27. The molecule has 0 aliphatic heterocycles. The number of carbonyl (C=O) groups excluding carboxylic acids is 1. The molecule has 0 aromatic heterocycles. The second kappa shape index (κ2) is 4.50. The highest BCUT2D eigenvalue weighted by Gasteiger charge is 2.38. The van der Waals surface area contributed by atoms with Gasteiger partial charge >= 0.3 is 0 Å². The normalized spacial score (nSPS) is 16.8. The molecule has 1 amide bonds. The fourth-order valence-electron chi connectivity index (χ4n) is 1.70. The van der Waals surface area contributed by atoms with Crippen LogP contribution in [0.1, 0.15) is 30.1 Å². The minimum atomic E-state index is -3.93. The molecule has 0 saturated heterocycles. The highest BCUT2D eigenvalue weighted by molar-refractivity contribution is 7.89. The van der Waals surface area contributed by atoms with E-state index < -0.39 is 10.0 Å². The van der Waals surface area contributed by atoms with Gasteiger partial charge in [0.25, 0.3) is 5.91 Å². The van der Waals surface area contributed by atoms with Crippen molar-refractivity contribution < 1.29 is 17.9 Å². The third-order valence-electron chi connectivity index (χ3n) is 3.15. The fourth-order valence-corrected chi connectivity index (χ4v) is 2.42. The van der Waals surface area contributed by atoms with Crippen LogP contribution in [-0.2, 0) is 10.0 Å². The number of benzene rings is 1. The number of primary sulfonamides is 1. The van der Waals surface area contributed by atoms with Crippen LogP contribution >= 0.6 is 0 Å². The Balaban J connectivity index is 2.35. The number of hydrogen-bond donors (Lipinski definition) is 2. The van der Waals surface area contributed by atoms with Crippen LogP contribution in [0.4, 0.5) is 0 Å². The molecule has 1 aliphatic carbocycles. The van der Waals surface area contributed by atoms with E-state index in [0.29, 0.717) is 0 Å². The second-order valence-electron chi connectivity index (χ2n) is 4.93. The van der Waals surface area contributed by atoms with E-state index in [2.05, 4.69) is 5.32 Å². The predicted molar refractivity (Wildman–Crippen MR) is 69.5 cm³/mol. The summed E-state index contributed by atoms with van der Waals surface area (Å²) in [6.45, 7) is 1.94. The standard InChI is InChI=1S/C12H16N2O4S/c1-12(5-6-12)14-11(15)8-3-4-9(18-2)10(7-8)19(13,16)17/h3-4,7H,5-6H2,1-2H3,(H,14,15)(H2,13,16,17). The van der Waals surface area contributed by atoms with E-state index >= 15 is 0 Å². The first-order chi connectivity index (χ1) is 8.75. The van der Waals surface area contributed by atoms with Gasteiger partial charge < -0.3 is 10.1 Å². The van der Waals surface area contributed by atoms with Gasteiger partial charge in [-0.25, -0.2) is 13.6 Å². The molecule has 19 heavy (non-hydrogen) atoms. The highest BCUT2D eigenvalue weighted by Crippen LogP contribution is 2.34. The van der Waals surface area contributed by atoms with Crippen molar-refractivity contribution in [1.29, 1.82) is 0 Å². The van der Waals surface area contributed by atoms with E-state index in [4.69, 9.17) is 9.88 Å². The fraction of sp³-hybridized carbons (Fsp3) is 0.417. The van der Waals surface area contributed by atoms with Gasteiger partial charge in [-0.05, 0) is 38.0 Å². The summed E-state index contributed by atoms with van der Waals surface area (Å²) in [5.41, 5.74) is 0.0802. The van der Waals surface area contributed by atoms with Crippen molar-refractivity contribution in [2.24, 2.45) is 5.14 Å². The summed E-state index contributed by atoms with van der Waals surface area (Å²) < 4.78 is 27.8. The number of amides is 1. The number of rotatable bonds is 4. The van der Waals surface area contributed by atoms with Crippen LogP contribution in [0.25, 0.3) is 0 Å². The minimum Gasteiger partial charge on any atom is -0.495 e. The van der Waals surface area contributed by atoms with Crippen LogP contribution < -0.4 is 15.2 Å². The minimum absolute atomic E-state index is 0.122. The summed E-state index contributed by atoms with van der Waals surface area (Å²) in [5, 5.41) is 7.95. The molecule has 3 N–H and O–H groups in total. The molecule has 0 unspecified atom stereocenters. The third kappa shape index (κ3) is 3.05. The Morgan fingerprint density at radius 3 is 2.53 bits per heavy atom. The first kappa shape index (κ1) is 13.8. The zero-order valence-corrected chi connectivity index (χ0v) is 11.6. The monoisotopic (exact) mass is 284 g/mol. The molecule has 104 valence electrons. The molecule has 0 radical (unpaired) electrons. The number of nitrogens with two attached hydrogens (primary N) is 1. The number of ether oxygens (including phenoxy) is 1. The van der Waals surface area contributed by atoms with Gasteiger partial charge in [-0.1, -0.05) is 0 Å². The topological polar surface area (TPSA) is 98.5 Å². The third-order valence-corrected chi connectivity index (χ3v) is 4.08. The van der Waals surface area contributed by atoms with Crippen molar-refractivity contribution in [1.82, 2.24) is 5.32 Å². The highest BCUT2D eigenvalue weighted by atomic mass is 32.2. The Labute approximate surface area is 112 Å². The summed E-state index contributed by atoms with van der Waals surface area (Å²) in [5.74, 6) is -0.191. The second-order valence-corrected chi connectivity index (χ2v) is 6.46. The van der Waals surface area contributed by atoms with E-state index in [9.17, 15) is 13.2 Å². The molecule has 0 atom stereocenters. The first-order valence-electron chi connectivity index (χ1n) is 5.78. The van der Waals surface area contributed by atoms with E-state index in [1.54, 1.807) is 0 Å². The zero-order valence-electron chi connectivity index (χ0n) is 10.8. The van der Waals surface area contributed by atoms with Gasteiger partial charge in [0.1, 0.15) is 10.6 Å². The molecule has 6 nitrogen and oxygen atoms in total. The maximum Gasteiger partial charge on any atom is 0.251 e. The lowest BCUT2D eigenvalue weighted by Crippen LogP contribution is -2.34. The van der Waals surface area contributed by atoms with Crippen LogP contribution in [0, 0.1) is 0 Å². The summed E-state index contributed by atoms with van der Waals surface area (Å²) in [6, 6.07) is 4.16. The molecule has 0 bridgehead atoms. The van der Waals surface area contributed by atoms with Gasteiger partial charge in [-0.2, -0.15) is 0 Å². The van der Waals surface area contributed by atoms with Crippen LogP contribution in [0.3, 0.4) is 0 Å². The van der Waals surface area contributed by atoms with Crippen molar-refractivity contribution >= 4 is 15.9 Å². The SMILES string of the molecule is COc1ccc(C(=O)NC2(C)CC2)cc1S(N)(=O)=O. The van der Waals surface area contributed by atoms with Crippen molar-refractivity contribution in [2.75, 3.05) is 7.11 Å². The molecule has 1 fully saturated rings. The predicted octanol–water partition coefficient (Wildman–Crippen LogP) is 0.625. The Hall–Kier alpha value is -1.60. The Morgan fingerprint density at radius 2 is 2.05 bits per heavy atom. The molecule has 2 rings (SSSR count). The van der Waals surface area contributed by atoms with Crippen molar-refractivity contribution in [3.05, 3.63) is 23.8 Å². The summed E-state index contributed by atoms with van der Waals surface area (Å²) in [7, 11) is -2.59. The molecule has 1 aromatic rings. The molecule has 0 heterocycles. The van der Waals surface area contributed by atoms with Gasteiger partial charge in [-0.3, -0.25) is 4.79 Å².